The van der Waals surface area contributed by atoms with Crippen LogP contribution in [0.15, 0.2) is 63.9 Å². The smallest absolute Gasteiger partial charge is 0.253 e. The molecule has 7 nitrogen and oxygen atoms in total. The molecule has 1 aliphatic heterocycles. The van der Waals surface area contributed by atoms with Crippen molar-refractivity contribution in [2.24, 2.45) is 0 Å². The second-order valence-corrected chi connectivity index (χ2v) is 11.1. The van der Waals surface area contributed by atoms with Crippen molar-refractivity contribution in [3.8, 4) is 5.75 Å². The summed E-state index contributed by atoms with van der Waals surface area (Å²) in [5.41, 5.74) is 1.07. The number of sulfonamides is 1. The molecule has 1 aromatic heterocycles. The molecule has 2 heterocycles. The molecule has 1 atom stereocenters. The van der Waals surface area contributed by atoms with Gasteiger partial charge in [0.2, 0.25) is 15.9 Å². The van der Waals surface area contributed by atoms with Gasteiger partial charge in [0, 0.05) is 13.1 Å². The lowest BCUT2D eigenvalue weighted by atomic mass is 9.87. The molecule has 3 aromatic rings. The average Bonchev–Trinajstić information content (AvgIpc) is 3.27. The minimum atomic E-state index is -3.59. The zero-order valence-electron chi connectivity index (χ0n) is 18.7. The number of nitrogens with zero attached hydrogens (tertiary/aromatic N) is 3. The van der Waals surface area contributed by atoms with Gasteiger partial charge in [-0.05, 0) is 48.1 Å². The average molecular weight is 456 g/mol. The van der Waals surface area contributed by atoms with E-state index in [9.17, 15) is 8.42 Å². The van der Waals surface area contributed by atoms with E-state index in [-0.39, 0.29) is 17.9 Å². The number of para-hydroxylation sites is 1. The first kappa shape index (κ1) is 22.5. The monoisotopic (exact) mass is 455 g/mol. The molecule has 0 saturated carbocycles. The molecular weight excluding hydrogens is 426 g/mol. The van der Waals surface area contributed by atoms with Crippen LogP contribution in [-0.4, -0.2) is 36.0 Å². The summed E-state index contributed by atoms with van der Waals surface area (Å²) in [5.74, 6) is 1.42. The Kier molecular flexibility index (Phi) is 6.35. The molecule has 0 aliphatic carbocycles. The summed E-state index contributed by atoms with van der Waals surface area (Å²) in [7, 11) is -3.59. The molecule has 8 heteroatoms. The van der Waals surface area contributed by atoms with Crippen molar-refractivity contribution in [1.82, 2.24) is 14.5 Å². The van der Waals surface area contributed by atoms with Crippen LogP contribution < -0.4 is 4.74 Å². The van der Waals surface area contributed by atoms with Gasteiger partial charge < -0.3 is 9.15 Å². The minimum absolute atomic E-state index is 0.0294. The molecule has 0 radical (unpaired) electrons. The maximum absolute atomic E-state index is 13.2. The number of hydrogen-bond donors (Lipinski definition) is 0. The fourth-order valence-electron chi connectivity index (χ4n) is 3.79. The lowest BCUT2D eigenvalue weighted by Crippen LogP contribution is -2.39. The number of piperidine rings is 1. The first-order valence-corrected chi connectivity index (χ1v) is 12.3. The van der Waals surface area contributed by atoms with E-state index >= 15 is 0 Å². The lowest BCUT2D eigenvalue weighted by molar-refractivity contribution is 0.243. The summed E-state index contributed by atoms with van der Waals surface area (Å²) in [5, 5.41) is 8.24. The van der Waals surface area contributed by atoms with Gasteiger partial charge in [-0.2, -0.15) is 4.31 Å². The third kappa shape index (κ3) is 5.02. The van der Waals surface area contributed by atoms with Gasteiger partial charge in [-0.15, -0.1) is 10.2 Å². The molecule has 0 bridgehead atoms. The van der Waals surface area contributed by atoms with Gasteiger partial charge in [0.15, 0.2) is 6.61 Å². The number of hydrogen-bond acceptors (Lipinski definition) is 6. The first-order chi connectivity index (χ1) is 15.2. The zero-order chi connectivity index (χ0) is 22.8. The Morgan fingerprint density at radius 3 is 2.47 bits per heavy atom. The first-order valence-electron chi connectivity index (χ1n) is 10.8. The zero-order valence-corrected chi connectivity index (χ0v) is 19.5. The van der Waals surface area contributed by atoms with Gasteiger partial charge in [0.25, 0.3) is 5.89 Å². The predicted octanol–water partition coefficient (Wildman–Crippen LogP) is 4.51. The Morgan fingerprint density at radius 2 is 1.78 bits per heavy atom. The van der Waals surface area contributed by atoms with Gasteiger partial charge in [-0.1, -0.05) is 51.1 Å². The summed E-state index contributed by atoms with van der Waals surface area (Å²) in [6, 6.07) is 16.6. The van der Waals surface area contributed by atoms with E-state index in [2.05, 4.69) is 31.0 Å². The van der Waals surface area contributed by atoms with E-state index in [0.29, 0.717) is 29.8 Å². The lowest BCUT2D eigenvalue weighted by Gasteiger charge is -2.30. The van der Waals surface area contributed by atoms with Crippen LogP contribution in [-0.2, 0) is 22.0 Å². The molecule has 0 amide bonds. The van der Waals surface area contributed by atoms with Gasteiger partial charge in [0.05, 0.1) is 10.8 Å². The van der Waals surface area contributed by atoms with Crippen LogP contribution in [0.4, 0.5) is 0 Å². The Balaban J connectivity index is 1.43. The number of aromatic nitrogens is 2. The van der Waals surface area contributed by atoms with Crippen molar-refractivity contribution in [3.05, 3.63) is 71.9 Å². The Morgan fingerprint density at radius 1 is 1.06 bits per heavy atom. The van der Waals surface area contributed by atoms with E-state index in [1.165, 1.54) is 4.31 Å². The molecule has 1 saturated heterocycles. The van der Waals surface area contributed by atoms with Crippen molar-refractivity contribution in [2.45, 2.75) is 56.4 Å². The van der Waals surface area contributed by atoms with Crippen LogP contribution in [0.5, 0.6) is 5.75 Å². The van der Waals surface area contributed by atoms with Crippen LogP contribution in [0.2, 0.25) is 0 Å². The molecular formula is C24H29N3O4S. The van der Waals surface area contributed by atoms with E-state index in [4.69, 9.17) is 9.15 Å². The van der Waals surface area contributed by atoms with Gasteiger partial charge in [-0.25, -0.2) is 8.42 Å². The van der Waals surface area contributed by atoms with Gasteiger partial charge in [0.1, 0.15) is 5.75 Å². The van der Waals surface area contributed by atoms with Crippen molar-refractivity contribution in [2.75, 3.05) is 13.1 Å². The third-order valence-corrected chi connectivity index (χ3v) is 7.56. The number of benzene rings is 2. The quantitative estimate of drug-likeness (QED) is 0.543. The Bertz CT molecular complexity index is 1140. The summed E-state index contributed by atoms with van der Waals surface area (Å²) in [4.78, 5) is 0.314. The normalized spacial score (nSPS) is 17.9. The summed E-state index contributed by atoms with van der Waals surface area (Å²) >= 11 is 0. The van der Waals surface area contributed by atoms with Crippen LogP contribution >= 0.6 is 0 Å². The van der Waals surface area contributed by atoms with Crippen LogP contribution in [0, 0.1) is 0 Å². The largest absolute Gasteiger partial charge is 0.484 e. The second kappa shape index (κ2) is 9.03. The standard InChI is InChI=1S/C24H29N3O4S/c1-24(2,3)19-11-13-21(14-12-19)32(28,29)27-15-7-8-18(16-27)23-26-25-22(31-23)17-30-20-9-5-4-6-10-20/h4-6,9-14,18H,7-8,15-17H2,1-3H3. The summed E-state index contributed by atoms with van der Waals surface area (Å²) in [6.45, 7) is 7.30. The second-order valence-electron chi connectivity index (χ2n) is 9.11. The molecule has 1 fully saturated rings. The van der Waals surface area contributed by atoms with Gasteiger partial charge in [-0.3, -0.25) is 0 Å². The summed E-state index contributed by atoms with van der Waals surface area (Å²) < 4.78 is 39.4. The minimum Gasteiger partial charge on any atom is -0.484 e. The number of ether oxygens (including phenoxy) is 1. The van der Waals surface area contributed by atoms with Crippen molar-refractivity contribution in [3.63, 3.8) is 0 Å². The molecule has 1 aliphatic rings. The maximum Gasteiger partial charge on any atom is 0.253 e. The topological polar surface area (TPSA) is 85.5 Å². The van der Waals surface area contributed by atoms with Crippen molar-refractivity contribution >= 4 is 10.0 Å². The van der Waals surface area contributed by atoms with Crippen LogP contribution in [0.3, 0.4) is 0 Å². The molecule has 170 valence electrons. The molecule has 0 spiro atoms. The molecule has 1 unspecified atom stereocenters. The van der Waals surface area contributed by atoms with Gasteiger partial charge >= 0.3 is 0 Å². The van der Waals surface area contributed by atoms with Crippen LogP contribution in [0.25, 0.3) is 0 Å². The van der Waals surface area contributed by atoms with E-state index in [0.717, 1.165) is 24.2 Å². The van der Waals surface area contributed by atoms with E-state index in [1.54, 1.807) is 12.1 Å². The Hall–Kier alpha value is -2.71. The highest BCUT2D eigenvalue weighted by Crippen LogP contribution is 2.31. The SMILES string of the molecule is CC(C)(C)c1ccc(S(=O)(=O)N2CCCC(c3nnc(COc4ccccc4)o3)C2)cc1. The highest BCUT2D eigenvalue weighted by molar-refractivity contribution is 7.89. The molecule has 4 rings (SSSR count). The molecule has 2 aromatic carbocycles. The number of rotatable bonds is 6. The van der Waals surface area contributed by atoms with Crippen molar-refractivity contribution < 1.29 is 17.6 Å². The third-order valence-electron chi connectivity index (χ3n) is 5.68. The highest BCUT2D eigenvalue weighted by Gasteiger charge is 2.33. The fourth-order valence-corrected chi connectivity index (χ4v) is 5.31. The maximum atomic E-state index is 13.2. The predicted molar refractivity (Wildman–Crippen MR) is 121 cm³/mol. The van der Waals surface area contributed by atoms with E-state index in [1.807, 2.05) is 42.5 Å². The molecule has 0 N–H and O–H groups in total. The van der Waals surface area contributed by atoms with Crippen LogP contribution in [0.1, 0.15) is 56.9 Å². The van der Waals surface area contributed by atoms with E-state index < -0.39 is 10.0 Å². The summed E-state index contributed by atoms with van der Waals surface area (Å²) in [6.07, 6.45) is 1.54. The highest BCUT2D eigenvalue weighted by atomic mass is 32.2. The Labute approximate surface area is 189 Å². The fraction of sp³-hybridized carbons (Fsp3) is 0.417. The molecule has 32 heavy (non-hydrogen) atoms. The van der Waals surface area contributed by atoms with Crippen molar-refractivity contribution in [1.29, 1.82) is 0 Å².